The molecule has 8 nitrogen and oxygen atoms in total. The lowest BCUT2D eigenvalue weighted by molar-refractivity contribution is 0.423. The number of aromatic nitrogens is 5. The van der Waals surface area contributed by atoms with E-state index in [0.717, 1.165) is 11.1 Å². The van der Waals surface area contributed by atoms with Gasteiger partial charge in [-0.2, -0.15) is 10.1 Å². The highest BCUT2D eigenvalue weighted by molar-refractivity contribution is 7.91. The number of hydrogen-bond donors (Lipinski definition) is 1. The van der Waals surface area contributed by atoms with Gasteiger partial charge in [-0.05, 0) is 12.1 Å². The van der Waals surface area contributed by atoms with E-state index in [1.54, 1.807) is 6.92 Å². The van der Waals surface area contributed by atoms with Gasteiger partial charge in [0, 0.05) is 23.3 Å². The molecular formula is C14H15N5O3S. The Hall–Kier alpha value is -2.55. The third-order valence-electron chi connectivity index (χ3n) is 3.36. The summed E-state index contributed by atoms with van der Waals surface area (Å²) < 4.78 is 28.2. The maximum atomic E-state index is 11.5. The summed E-state index contributed by atoms with van der Waals surface area (Å²) in [5.74, 6) is 1.55. The zero-order valence-corrected chi connectivity index (χ0v) is 13.2. The molecule has 0 aliphatic heterocycles. The number of benzene rings is 1. The highest BCUT2D eigenvalue weighted by Gasteiger charge is 2.13. The van der Waals surface area contributed by atoms with Crippen molar-refractivity contribution in [3.05, 3.63) is 36.4 Å². The number of sulfone groups is 1. The fourth-order valence-electron chi connectivity index (χ4n) is 1.98. The quantitative estimate of drug-likeness (QED) is 0.727. The van der Waals surface area contributed by atoms with Crippen molar-refractivity contribution in [1.82, 2.24) is 25.3 Å². The van der Waals surface area contributed by atoms with Crippen LogP contribution in [-0.2, 0) is 16.3 Å². The van der Waals surface area contributed by atoms with E-state index in [2.05, 4.69) is 25.3 Å². The molecule has 0 radical (unpaired) electrons. The molecule has 0 aliphatic carbocycles. The SMILES string of the molecule is CCS(=O)(=O)CCc1noc(-c2ccc(-c3ncn[nH]3)cc2)n1. The van der Waals surface area contributed by atoms with Crippen LogP contribution in [0.2, 0.25) is 0 Å². The first-order valence-electron chi connectivity index (χ1n) is 7.06. The standard InChI is InChI=1S/C14H15N5O3S/c1-2-23(20,21)8-7-12-17-14(22-19-12)11-5-3-10(4-6-11)13-15-9-16-18-13/h3-6,9H,2,7-8H2,1H3,(H,15,16,18). The van der Waals surface area contributed by atoms with Gasteiger partial charge in [0.25, 0.3) is 5.89 Å². The molecule has 3 aromatic rings. The Morgan fingerprint density at radius 2 is 1.91 bits per heavy atom. The number of nitrogens with zero attached hydrogens (tertiary/aromatic N) is 4. The van der Waals surface area contributed by atoms with Gasteiger partial charge in [-0.25, -0.2) is 13.4 Å². The number of aryl methyl sites for hydroxylation is 1. The van der Waals surface area contributed by atoms with Gasteiger partial charge in [0.2, 0.25) is 0 Å². The average Bonchev–Trinajstić information content (AvgIpc) is 3.25. The minimum Gasteiger partial charge on any atom is -0.334 e. The van der Waals surface area contributed by atoms with Crippen molar-refractivity contribution in [2.75, 3.05) is 11.5 Å². The van der Waals surface area contributed by atoms with Crippen molar-refractivity contribution in [2.24, 2.45) is 0 Å². The van der Waals surface area contributed by atoms with Gasteiger partial charge in [-0.15, -0.1) is 0 Å². The molecule has 2 heterocycles. The van der Waals surface area contributed by atoms with Crippen molar-refractivity contribution in [3.8, 4) is 22.8 Å². The topological polar surface area (TPSA) is 115 Å². The largest absolute Gasteiger partial charge is 0.334 e. The van der Waals surface area contributed by atoms with E-state index in [4.69, 9.17) is 4.52 Å². The van der Waals surface area contributed by atoms with Gasteiger partial charge in [0.15, 0.2) is 11.6 Å². The van der Waals surface area contributed by atoms with Crippen LogP contribution in [0, 0.1) is 0 Å². The molecule has 120 valence electrons. The van der Waals surface area contributed by atoms with E-state index in [-0.39, 0.29) is 17.9 Å². The van der Waals surface area contributed by atoms with Crippen LogP contribution in [-0.4, -0.2) is 45.2 Å². The molecule has 0 spiro atoms. The highest BCUT2D eigenvalue weighted by atomic mass is 32.2. The van der Waals surface area contributed by atoms with Gasteiger partial charge >= 0.3 is 0 Å². The van der Waals surface area contributed by atoms with Crippen LogP contribution in [0.15, 0.2) is 35.1 Å². The van der Waals surface area contributed by atoms with Crippen LogP contribution in [0.4, 0.5) is 0 Å². The summed E-state index contributed by atoms with van der Waals surface area (Å²) in [6.45, 7) is 1.62. The zero-order chi connectivity index (χ0) is 16.3. The maximum absolute atomic E-state index is 11.5. The smallest absolute Gasteiger partial charge is 0.257 e. The molecule has 9 heteroatoms. The second-order valence-corrected chi connectivity index (χ2v) is 7.39. The maximum Gasteiger partial charge on any atom is 0.257 e. The number of rotatable bonds is 6. The second-order valence-electron chi connectivity index (χ2n) is 4.91. The van der Waals surface area contributed by atoms with Gasteiger partial charge in [0.1, 0.15) is 16.2 Å². The van der Waals surface area contributed by atoms with Crippen LogP contribution >= 0.6 is 0 Å². The van der Waals surface area contributed by atoms with Crippen molar-refractivity contribution < 1.29 is 12.9 Å². The summed E-state index contributed by atoms with van der Waals surface area (Å²) in [5, 5.41) is 10.4. The molecule has 0 unspecified atom stereocenters. The molecular weight excluding hydrogens is 318 g/mol. The third-order valence-corrected chi connectivity index (χ3v) is 5.07. The lowest BCUT2D eigenvalue weighted by Gasteiger charge is -1.98. The summed E-state index contributed by atoms with van der Waals surface area (Å²) in [6.07, 6.45) is 1.69. The normalized spacial score (nSPS) is 11.7. The predicted molar refractivity (Wildman–Crippen MR) is 83.1 cm³/mol. The fourth-order valence-corrected chi connectivity index (χ4v) is 2.76. The minimum atomic E-state index is -3.04. The Kier molecular flexibility index (Phi) is 4.20. The number of aromatic amines is 1. The van der Waals surface area contributed by atoms with Crippen molar-refractivity contribution in [2.45, 2.75) is 13.3 Å². The van der Waals surface area contributed by atoms with Gasteiger partial charge in [0.05, 0.1) is 5.75 Å². The lowest BCUT2D eigenvalue weighted by Crippen LogP contribution is -2.11. The fraction of sp³-hybridized carbons (Fsp3) is 0.286. The van der Waals surface area contributed by atoms with Gasteiger partial charge in [-0.1, -0.05) is 24.2 Å². The molecule has 2 aromatic heterocycles. The van der Waals surface area contributed by atoms with E-state index in [0.29, 0.717) is 17.5 Å². The van der Waals surface area contributed by atoms with Crippen molar-refractivity contribution in [3.63, 3.8) is 0 Å². The first-order chi connectivity index (χ1) is 11.1. The van der Waals surface area contributed by atoms with Crippen LogP contribution in [0.5, 0.6) is 0 Å². The Bertz CT molecular complexity index is 870. The molecule has 0 bridgehead atoms. The number of H-pyrrole nitrogens is 1. The van der Waals surface area contributed by atoms with Crippen LogP contribution < -0.4 is 0 Å². The monoisotopic (exact) mass is 333 g/mol. The Labute approximate surface area is 132 Å². The molecule has 0 fully saturated rings. The van der Waals surface area contributed by atoms with E-state index in [1.807, 2.05) is 24.3 Å². The van der Waals surface area contributed by atoms with Crippen molar-refractivity contribution >= 4 is 9.84 Å². The highest BCUT2D eigenvalue weighted by Crippen LogP contribution is 2.21. The predicted octanol–water partition coefficient (Wildman–Crippen LogP) is 1.50. The second kappa shape index (κ2) is 6.29. The first-order valence-corrected chi connectivity index (χ1v) is 8.89. The lowest BCUT2D eigenvalue weighted by atomic mass is 10.1. The molecule has 23 heavy (non-hydrogen) atoms. The van der Waals surface area contributed by atoms with Gasteiger partial charge in [-0.3, -0.25) is 5.10 Å². The molecule has 1 N–H and O–H groups in total. The third kappa shape index (κ3) is 3.62. The summed E-state index contributed by atoms with van der Waals surface area (Å²) >= 11 is 0. The minimum absolute atomic E-state index is 0.0207. The van der Waals surface area contributed by atoms with Gasteiger partial charge < -0.3 is 4.52 Å². The number of hydrogen-bond acceptors (Lipinski definition) is 7. The van der Waals surface area contributed by atoms with E-state index in [9.17, 15) is 8.42 Å². The van der Waals surface area contributed by atoms with Crippen LogP contribution in [0.3, 0.4) is 0 Å². The molecule has 0 atom stereocenters. The zero-order valence-electron chi connectivity index (χ0n) is 12.4. The molecule has 0 saturated heterocycles. The molecule has 0 aliphatic rings. The average molecular weight is 333 g/mol. The summed E-state index contributed by atoms with van der Waals surface area (Å²) in [5.41, 5.74) is 1.64. The molecule has 0 amide bonds. The molecule has 0 saturated carbocycles. The molecule has 3 rings (SSSR count). The van der Waals surface area contributed by atoms with Crippen LogP contribution in [0.25, 0.3) is 22.8 Å². The van der Waals surface area contributed by atoms with Crippen molar-refractivity contribution in [1.29, 1.82) is 0 Å². The summed E-state index contributed by atoms with van der Waals surface area (Å²) in [6, 6.07) is 7.39. The van der Waals surface area contributed by atoms with E-state index in [1.165, 1.54) is 6.33 Å². The Morgan fingerprint density at radius 1 is 1.17 bits per heavy atom. The molecule has 1 aromatic carbocycles. The summed E-state index contributed by atoms with van der Waals surface area (Å²) in [7, 11) is -3.04. The van der Waals surface area contributed by atoms with E-state index < -0.39 is 9.84 Å². The first kappa shape index (κ1) is 15.3. The number of nitrogens with one attached hydrogen (secondary N) is 1. The Balaban J connectivity index is 1.73. The Morgan fingerprint density at radius 3 is 2.57 bits per heavy atom. The van der Waals surface area contributed by atoms with E-state index >= 15 is 0 Å². The van der Waals surface area contributed by atoms with Crippen LogP contribution in [0.1, 0.15) is 12.7 Å². The summed E-state index contributed by atoms with van der Waals surface area (Å²) in [4.78, 5) is 8.31.